The first-order valence-corrected chi connectivity index (χ1v) is 15.2. The summed E-state index contributed by atoms with van der Waals surface area (Å²) in [7, 11) is -3.61. The third-order valence-corrected chi connectivity index (χ3v) is 9.58. The van der Waals surface area contributed by atoms with E-state index in [9.17, 15) is 18.0 Å². The van der Waals surface area contributed by atoms with E-state index in [0.717, 1.165) is 13.1 Å². The van der Waals surface area contributed by atoms with Gasteiger partial charge in [0.25, 0.3) is 5.91 Å². The standard InChI is InChI=1S/C27H33ClN4O4S/c28-22-9-5-4-6-20(22)17-37(35,36)18-25-26(33)30-24-16-19(10-11-23(24)29-25)27(34)32-14-12-31(13-15-32)21-7-2-1-3-8-21/h4-6,9-11,16,21,25,29H,1-3,7-8,12-15,17-18H2,(H,30,33). The van der Waals surface area contributed by atoms with Crippen LogP contribution in [0.2, 0.25) is 5.02 Å². The van der Waals surface area contributed by atoms with E-state index in [1.807, 2.05) is 4.90 Å². The number of hydrogen-bond acceptors (Lipinski definition) is 6. The molecule has 2 amide bonds. The van der Waals surface area contributed by atoms with Crippen molar-refractivity contribution in [3.63, 3.8) is 0 Å². The van der Waals surface area contributed by atoms with E-state index in [2.05, 4.69) is 15.5 Å². The van der Waals surface area contributed by atoms with Gasteiger partial charge >= 0.3 is 0 Å². The van der Waals surface area contributed by atoms with Crippen molar-refractivity contribution in [3.8, 4) is 0 Å². The normalized spacial score (nSPS) is 21.2. The zero-order valence-corrected chi connectivity index (χ0v) is 22.4. The van der Waals surface area contributed by atoms with E-state index in [1.165, 1.54) is 32.1 Å². The second kappa shape index (κ2) is 11.0. The van der Waals surface area contributed by atoms with Crippen LogP contribution >= 0.6 is 11.6 Å². The molecule has 0 spiro atoms. The second-order valence-corrected chi connectivity index (χ2v) is 12.7. The maximum Gasteiger partial charge on any atom is 0.254 e. The van der Waals surface area contributed by atoms with Gasteiger partial charge in [-0.2, -0.15) is 0 Å². The summed E-state index contributed by atoms with van der Waals surface area (Å²) < 4.78 is 25.6. The predicted octanol–water partition coefficient (Wildman–Crippen LogP) is 3.78. The summed E-state index contributed by atoms with van der Waals surface area (Å²) in [6.45, 7) is 3.18. The fraction of sp³-hybridized carbons (Fsp3) is 0.481. The highest BCUT2D eigenvalue weighted by atomic mass is 35.5. The van der Waals surface area contributed by atoms with Crippen LogP contribution in [-0.2, 0) is 20.4 Å². The van der Waals surface area contributed by atoms with Gasteiger partial charge in [0.05, 0.1) is 22.9 Å². The Balaban J connectivity index is 1.20. The monoisotopic (exact) mass is 544 g/mol. The fourth-order valence-electron chi connectivity index (χ4n) is 5.58. The summed E-state index contributed by atoms with van der Waals surface area (Å²) >= 11 is 6.12. The summed E-state index contributed by atoms with van der Waals surface area (Å²) in [5, 5.41) is 6.20. The lowest BCUT2D eigenvalue weighted by Crippen LogP contribution is -2.52. The zero-order valence-electron chi connectivity index (χ0n) is 20.8. The van der Waals surface area contributed by atoms with Gasteiger partial charge in [0, 0.05) is 42.8 Å². The Labute approximate surface area is 223 Å². The van der Waals surface area contributed by atoms with Crippen LogP contribution in [0.4, 0.5) is 11.4 Å². The molecule has 1 saturated heterocycles. The minimum atomic E-state index is -3.61. The lowest BCUT2D eigenvalue weighted by atomic mass is 9.94. The summed E-state index contributed by atoms with van der Waals surface area (Å²) in [5.74, 6) is -1.10. The molecule has 0 aromatic heterocycles. The number of benzene rings is 2. The smallest absolute Gasteiger partial charge is 0.254 e. The van der Waals surface area contributed by atoms with Crippen LogP contribution in [0.3, 0.4) is 0 Å². The number of halogens is 1. The third kappa shape index (κ3) is 6.10. The summed E-state index contributed by atoms with van der Waals surface area (Å²) in [5.41, 5.74) is 2.09. The Bertz CT molecular complexity index is 1270. The van der Waals surface area contributed by atoms with Gasteiger partial charge in [0.2, 0.25) is 5.91 Å². The molecule has 2 aromatic carbocycles. The van der Waals surface area contributed by atoms with E-state index < -0.39 is 21.8 Å². The zero-order chi connectivity index (χ0) is 26.0. The molecule has 2 N–H and O–H groups in total. The molecule has 8 nitrogen and oxygen atoms in total. The van der Waals surface area contributed by atoms with Crippen molar-refractivity contribution in [2.24, 2.45) is 0 Å². The minimum Gasteiger partial charge on any atom is -0.371 e. The van der Waals surface area contributed by atoms with Gasteiger partial charge in [-0.15, -0.1) is 0 Å². The van der Waals surface area contributed by atoms with Crippen molar-refractivity contribution in [2.45, 2.75) is 49.9 Å². The molecule has 1 unspecified atom stereocenters. The highest BCUT2D eigenvalue weighted by Crippen LogP contribution is 2.30. The molecular formula is C27H33ClN4O4S. The molecule has 5 rings (SSSR count). The maximum absolute atomic E-state index is 13.2. The largest absolute Gasteiger partial charge is 0.371 e. The Morgan fingerprint density at radius 2 is 1.70 bits per heavy atom. The Kier molecular flexibility index (Phi) is 7.74. The molecule has 2 heterocycles. The quantitative estimate of drug-likeness (QED) is 0.574. The molecule has 0 bridgehead atoms. The average Bonchev–Trinajstić information content (AvgIpc) is 2.90. The molecule has 2 aromatic rings. The number of amides is 2. The highest BCUT2D eigenvalue weighted by molar-refractivity contribution is 7.90. The summed E-state index contributed by atoms with van der Waals surface area (Å²) in [6, 6.07) is 11.6. The van der Waals surface area contributed by atoms with Crippen molar-refractivity contribution in [2.75, 3.05) is 42.6 Å². The van der Waals surface area contributed by atoms with Gasteiger partial charge in [0.15, 0.2) is 9.84 Å². The average molecular weight is 545 g/mol. The molecule has 1 saturated carbocycles. The molecule has 10 heteroatoms. The molecule has 1 atom stereocenters. The number of nitrogens with zero attached hydrogens (tertiary/aromatic N) is 2. The van der Waals surface area contributed by atoms with Gasteiger partial charge in [-0.05, 0) is 42.7 Å². The van der Waals surface area contributed by atoms with Gasteiger partial charge in [-0.1, -0.05) is 49.1 Å². The molecular weight excluding hydrogens is 512 g/mol. The molecule has 1 aliphatic carbocycles. The van der Waals surface area contributed by atoms with Crippen LogP contribution in [-0.4, -0.2) is 74.0 Å². The lowest BCUT2D eigenvalue weighted by molar-refractivity contribution is -0.116. The van der Waals surface area contributed by atoms with Crippen molar-refractivity contribution < 1.29 is 18.0 Å². The van der Waals surface area contributed by atoms with Gasteiger partial charge in [-0.3, -0.25) is 14.5 Å². The molecule has 3 aliphatic rings. The number of nitrogens with one attached hydrogen (secondary N) is 2. The number of anilines is 2. The number of piperazine rings is 1. The fourth-order valence-corrected chi connectivity index (χ4v) is 7.45. The first kappa shape index (κ1) is 26.0. The number of sulfone groups is 1. The van der Waals surface area contributed by atoms with Crippen LogP contribution in [0.15, 0.2) is 42.5 Å². The van der Waals surface area contributed by atoms with Crippen LogP contribution in [0, 0.1) is 0 Å². The van der Waals surface area contributed by atoms with Crippen LogP contribution in [0.25, 0.3) is 0 Å². The van der Waals surface area contributed by atoms with Crippen molar-refractivity contribution in [3.05, 3.63) is 58.6 Å². The lowest BCUT2D eigenvalue weighted by Gasteiger charge is -2.40. The predicted molar refractivity (Wildman–Crippen MR) is 146 cm³/mol. The molecule has 0 radical (unpaired) electrons. The van der Waals surface area contributed by atoms with Gasteiger partial charge in [-0.25, -0.2) is 8.42 Å². The maximum atomic E-state index is 13.2. The Morgan fingerprint density at radius 1 is 0.973 bits per heavy atom. The third-order valence-electron chi connectivity index (χ3n) is 7.62. The van der Waals surface area contributed by atoms with E-state index in [0.29, 0.717) is 46.7 Å². The highest BCUT2D eigenvalue weighted by Gasteiger charge is 2.32. The molecule has 2 fully saturated rings. The van der Waals surface area contributed by atoms with E-state index in [-0.39, 0.29) is 17.4 Å². The Morgan fingerprint density at radius 3 is 2.43 bits per heavy atom. The van der Waals surface area contributed by atoms with Crippen molar-refractivity contribution in [1.29, 1.82) is 0 Å². The summed E-state index contributed by atoms with van der Waals surface area (Å²) in [4.78, 5) is 30.4. The second-order valence-electron chi connectivity index (χ2n) is 10.2. The van der Waals surface area contributed by atoms with E-state index in [4.69, 9.17) is 11.6 Å². The van der Waals surface area contributed by atoms with Crippen molar-refractivity contribution >= 4 is 44.6 Å². The van der Waals surface area contributed by atoms with Crippen LogP contribution < -0.4 is 10.6 Å². The van der Waals surface area contributed by atoms with Crippen LogP contribution in [0.1, 0.15) is 48.0 Å². The van der Waals surface area contributed by atoms with Gasteiger partial charge in [0.1, 0.15) is 6.04 Å². The number of rotatable bonds is 6. The molecule has 37 heavy (non-hydrogen) atoms. The molecule has 2 aliphatic heterocycles. The van der Waals surface area contributed by atoms with Gasteiger partial charge < -0.3 is 15.5 Å². The molecule has 198 valence electrons. The minimum absolute atomic E-state index is 0.0511. The van der Waals surface area contributed by atoms with E-state index >= 15 is 0 Å². The van der Waals surface area contributed by atoms with E-state index in [1.54, 1.807) is 42.5 Å². The number of carbonyl (C=O) groups excluding carboxylic acids is 2. The number of carbonyl (C=O) groups is 2. The first-order chi connectivity index (χ1) is 17.8. The van der Waals surface area contributed by atoms with Crippen LogP contribution in [0.5, 0.6) is 0 Å². The topological polar surface area (TPSA) is 98.8 Å². The summed E-state index contributed by atoms with van der Waals surface area (Å²) in [6.07, 6.45) is 6.44. The van der Waals surface area contributed by atoms with Crippen molar-refractivity contribution in [1.82, 2.24) is 9.80 Å². The number of hydrogen-bond donors (Lipinski definition) is 2. The number of fused-ring (bicyclic) bond motifs is 1. The Hall–Kier alpha value is -2.62. The first-order valence-electron chi connectivity index (χ1n) is 13.0. The SMILES string of the molecule is O=C1Nc2cc(C(=O)N3CCN(C4CCCCC4)CC3)ccc2NC1CS(=O)(=O)Cc1ccccc1Cl.